The third kappa shape index (κ3) is 2.96. The minimum absolute atomic E-state index is 0.626. The largest absolute Gasteiger partial charge is 0.385 e. The molecule has 2 nitrogen and oxygen atoms in total. The fourth-order valence-electron chi connectivity index (χ4n) is 2.27. The van der Waals surface area contributed by atoms with Crippen molar-refractivity contribution < 1.29 is 4.74 Å². The van der Waals surface area contributed by atoms with Crippen molar-refractivity contribution in [2.75, 3.05) is 13.7 Å². The fraction of sp³-hybridized carbons (Fsp3) is 1.00. The van der Waals surface area contributed by atoms with Crippen LogP contribution >= 0.6 is 0 Å². The van der Waals surface area contributed by atoms with Gasteiger partial charge in [-0.2, -0.15) is 0 Å². The van der Waals surface area contributed by atoms with Crippen molar-refractivity contribution in [2.24, 2.45) is 11.8 Å². The van der Waals surface area contributed by atoms with Gasteiger partial charge in [0.15, 0.2) is 0 Å². The van der Waals surface area contributed by atoms with E-state index >= 15 is 0 Å². The molecule has 2 aliphatic rings. The molecule has 0 bridgehead atoms. The molecule has 0 radical (unpaired) electrons. The zero-order valence-electron chi connectivity index (χ0n) is 9.46. The van der Waals surface area contributed by atoms with Crippen LogP contribution < -0.4 is 5.32 Å². The van der Waals surface area contributed by atoms with Crippen LogP contribution in [0.15, 0.2) is 0 Å². The summed E-state index contributed by atoms with van der Waals surface area (Å²) in [5.74, 6) is 2.01. The number of rotatable bonds is 7. The maximum atomic E-state index is 5.11. The quantitative estimate of drug-likeness (QED) is 0.675. The molecule has 0 aromatic rings. The van der Waals surface area contributed by atoms with Crippen molar-refractivity contribution in [3.63, 3.8) is 0 Å². The van der Waals surface area contributed by atoms with Gasteiger partial charge < -0.3 is 10.1 Å². The van der Waals surface area contributed by atoms with Crippen LogP contribution in [0.4, 0.5) is 0 Å². The maximum absolute atomic E-state index is 5.11. The lowest BCUT2D eigenvalue weighted by Gasteiger charge is -2.23. The summed E-state index contributed by atoms with van der Waals surface area (Å²) < 4.78 is 5.11. The normalized spacial score (nSPS) is 24.2. The molecule has 0 aliphatic heterocycles. The van der Waals surface area contributed by atoms with Gasteiger partial charge in [0.05, 0.1) is 0 Å². The summed E-state index contributed by atoms with van der Waals surface area (Å²) in [6, 6.07) is 1.46. The van der Waals surface area contributed by atoms with E-state index in [0.29, 0.717) is 6.04 Å². The van der Waals surface area contributed by atoms with Crippen LogP contribution in [-0.2, 0) is 4.74 Å². The highest BCUT2D eigenvalue weighted by Crippen LogP contribution is 2.44. The highest BCUT2D eigenvalue weighted by molar-refractivity contribution is 4.97. The van der Waals surface area contributed by atoms with E-state index in [1.54, 1.807) is 7.11 Å². The predicted molar refractivity (Wildman–Crippen MR) is 58.3 cm³/mol. The molecule has 2 rings (SSSR count). The lowest BCUT2D eigenvalue weighted by atomic mass is 10.1. The molecule has 1 N–H and O–H groups in total. The summed E-state index contributed by atoms with van der Waals surface area (Å²) in [6.07, 6.45) is 7.00. The Hall–Kier alpha value is -0.0800. The van der Waals surface area contributed by atoms with E-state index in [0.717, 1.165) is 30.9 Å². The van der Waals surface area contributed by atoms with Crippen molar-refractivity contribution in [2.45, 2.75) is 51.1 Å². The number of nitrogens with one attached hydrogen (secondary N) is 1. The van der Waals surface area contributed by atoms with Gasteiger partial charge in [0.25, 0.3) is 0 Å². The lowest BCUT2D eigenvalue weighted by molar-refractivity contribution is 0.180. The molecule has 0 saturated heterocycles. The van der Waals surface area contributed by atoms with Gasteiger partial charge >= 0.3 is 0 Å². The van der Waals surface area contributed by atoms with Crippen LogP contribution in [0.3, 0.4) is 0 Å². The number of hydrogen-bond acceptors (Lipinski definition) is 2. The van der Waals surface area contributed by atoms with E-state index in [1.807, 2.05) is 0 Å². The molecule has 2 heteroatoms. The average Bonchev–Trinajstić information content (AvgIpc) is 3.04. The molecule has 0 spiro atoms. The molecule has 1 unspecified atom stereocenters. The van der Waals surface area contributed by atoms with Crippen molar-refractivity contribution in [3.05, 3.63) is 0 Å². The van der Waals surface area contributed by atoms with Gasteiger partial charge in [0, 0.05) is 25.8 Å². The Morgan fingerprint density at radius 2 is 1.79 bits per heavy atom. The van der Waals surface area contributed by atoms with E-state index in [2.05, 4.69) is 12.2 Å². The molecule has 2 saturated carbocycles. The third-order valence-corrected chi connectivity index (χ3v) is 3.49. The third-order valence-electron chi connectivity index (χ3n) is 3.49. The Morgan fingerprint density at radius 3 is 2.21 bits per heavy atom. The first-order valence-corrected chi connectivity index (χ1v) is 6.06. The van der Waals surface area contributed by atoms with E-state index in [9.17, 15) is 0 Å². The van der Waals surface area contributed by atoms with Crippen LogP contribution in [0.25, 0.3) is 0 Å². The van der Waals surface area contributed by atoms with E-state index in [1.165, 1.54) is 25.7 Å². The molecule has 2 fully saturated rings. The van der Waals surface area contributed by atoms with Gasteiger partial charge in [0.2, 0.25) is 0 Å². The first-order chi connectivity index (χ1) is 6.81. The summed E-state index contributed by atoms with van der Waals surface area (Å²) in [4.78, 5) is 0. The van der Waals surface area contributed by atoms with Crippen LogP contribution in [0, 0.1) is 11.8 Å². The van der Waals surface area contributed by atoms with Gasteiger partial charge in [0.1, 0.15) is 0 Å². The molecule has 1 atom stereocenters. The topological polar surface area (TPSA) is 21.3 Å². The molecule has 0 aromatic heterocycles. The smallest absolute Gasteiger partial charge is 0.0476 e. The van der Waals surface area contributed by atoms with Gasteiger partial charge in [-0.15, -0.1) is 0 Å². The summed E-state index contributed by atoms with van der Waals surface area (Å²) in [7, 11) is 1.78. The first kappa shape index (κ1) is 10.4. The Bertz CT molecular complexity index is 163. The van der Waals surface area contributed by atoms with Gasteiger partial charge in [-0.1, -0.05) is 0 Å². The summed E-state index contributed by atoms with van der Waals surface area (Å²) in [6.45, 7) is 3.17. The number of hydrogen-bond donors (Lipinski definition) is 1. The van der Waals surface area contributed by atoms with Crippen LogP contribution in [0.1, 0.15) is 39.0 Å². The average molecular weight is 197 g/mol. The molecule has 0 amide bonds. The van der Waals surface area contributed by atoms with E-state index in [4.69, 9.17) is 4.74 Å². The highest BCUT2D eigenvalue weighted by Gasteiger charge is 2.41. The fourth-order valence-corrected chi connectivity index (χ4v) is 2.27. The second kappa shape index (κ2) is 4.63. The number of methoxy groups -OCH3 is 1. The summed E-state index contributed by atoms with van der Waals surface area (Å²) >= 11 is 0. The van der Waals surface area contributed by atoms with Gasteiger partial charge in [-0.25, -0.2) is 0 Å². The maximum Gasteiger partial charge on any atom is 0.0476 e. The molecule has 14 heavy (non-hydrogen) atoms. The van der Waals surface area contributed by atoms with Crippen LogP contribution in [0.2, 0.25) is 0 Å². The van der Waals surface area contributed by atoms with Crippen LogP contribution in [0.5, 0.6) is 0 Å². The number of ether oxygens (including phenoxy) is 1. The standard InChI is InChI=1S/C12H23NO/c1-9(7-8-14-2)13-12(10-3-4-10)11-5-6-11/h9-13H,3-8H2,1-2H3. The SMILES string of the molecule is COCCC(C)NC(C1CC1)C1CC1. The minimum atomic E-state index is 0.626. The zero-order valence-corrected chi connectivity index (χ0v) is 9.46. The first-order valence-electron chi connectivity index (χ1n) is 6.06. The van der Waals surface area contributed by atoms with Gasteiger partial charge in [-0.05, 0) is 50.9 Å². The Kier molecular flexibility index (Phi) is 3.45. The Balaban J connectivity index is 1.69. The lowest BCUT2D eigenvalue weighted by Crippen LogP contribution is -2.40. The highest BCUT2D eigenvalue weighted by atomic mass is 16.5. The van der Waals surface area contributed by atoms with E-state index in [-0.39, 0.29) is 0 Å². The molecule has 2 aliphatic carbocycles. The van der Waals surface area contributed by atoms with Crippen molar-refractivity contribution in [3.8, 4) is 0 Å². The molecule has 82 valence electrons. The molecular formula is C12H23NO. The van der Waals surface area contributed by atoms with Crippen molar-refractivity contribution in [1.29, 1.82) is 0 Å². The predicted octanol–water partition coefficient (Wildman–Crippen LogP) is 2.19. The summed E-state index contributed by atoms with van der Waals surface area (Å²) in [5, 5.41) is 3.80. The minimum Gasteiger partial charge on any atom is -0.385 e. The van der Waals surface area contributed by atoms with E-state index < -0.39 is 0 Å². The zero-order chi connectivity index (χ0) is 9.97. The molecular weight excluding hydrogens is 174 g/mol. The molecule has 0 heterocycles. The monoisotopic (exact) mass is 197 g/mol. The second-order valence-corrected chi connectivity index (χ2v) is 5.05. The Morgan fingerprint density at radius 1 is 1.21 bits per heavy atom. The van der Waals surface area contributed by atoms with Crippen LogP contribution in [-0.4, -0.2) is 25.8 Å². The Labute approximate surface area is 87.4 Å². The second-order valence-electron chi connectivity index (χ2n) is 5.05. The van der Waals surface area contributed by atoms with Gasteiger partial charge in [-0.3, -0.25) is 0 Å². The summed E-state index contributed by atoms with van der Waals surface area (Å²) in [5.41, 5.74) is 0. The van der Waals surface area contributed by atoms with Crippen molar-refractivity contribution in [1.82, 2.24) is 5.32 Å². The molecule has 0 aromatic carbocycles. The van der Waals surface area contributed by atoms with Crippen molar-refractivity contribution >= 4 is 0 Å².